The predicted molar refractivity (Wildman–Crippen MR) is 111 cm³/mol. The van der Waals surface area contributed by atoms with Crippen molar-refractivity contribution in [1.82, 2.24) is 25.5 Å². The number of alkyl halides is 3. The molecule has 3 N–H and O–H groups in total. The molecule has 0 amide bonds. The monoisotopic (exact) mass is 501 g/mol. The van der Waals surface area contributed by atoms with E-state index < -0.39 is 11.9 Å². The third-order valence-electron chi connectivity index (χ3n) is 4.04. The van der Waals surface area contributed by atoms with Crippen molar-refractivity contribution in [1.29, 1.82) is 0 Å². The molecule has 0 aromatic carbocycles. The standard InChI is InChI=1S/C16H26F3N7.HI/c1-20-14(24-9-12-26-10-3-2-4-11-26)22-7-8-23-15-21-6-5-13(25-15)16(17,18)19;/h5-6H,2-4,7-12H2,1H3,(H2,20,22,24)(H,21,23,25);1H. The smallest absolute Gasteiger partial charge is 0.355 e. The summed E-state index contributed by atoms with van der Waals surface area (Å²) in [5, 5.41) is 9.10. The second-order valence-electron chi connectivity index (χ2n) is 6.02. The summed E-state index contributed by atoms with van der Waals surface area (Å²) in [5.74, 6) is 0.614. The molecule has 2 rings (SSSR count). The van der Waals surface area contributed by atoms with Gasteiger partial charge in [-0.15, -0.1) is 24.0 Å². The van der Waals surface area contributed by atoms with Gasteiger partial charge in [-0.05, 0) is 32.0 Å². The molecule has 0 saturated carbocycles. The van der Waals surface area contributed by atoms with E-state index in [2.05, 4.69) is 35.8 Å². The first-order chi connectivity index (χ1) is 12.5. The van der Waals surface area contributed by atoms with Crippen LogP contribution in [0.4, 0.5) is 19.1 Å². The number of hydrogen-bond donors (Lipinski definition) is 3. The maximum atomic E-state index is 12.6. The van der Waals surface area contributed by atoms with Crippen molar-refractivity contribution in [2.45, 2.75) is 25.4 Å². The van der Waals surface area contributed by atoms with Crippen LogP contribution in [0.5, 0.6) is 0 Å². The first-order valence-electron chi connectivity index (χ1n) is 8.80. The first-order valence-corrected chi connectivity index (χ1v) is 8.80. The van der Waals surface area contributed by atoms with Crippen molar-refractivity contribution < 1.29 is 13.2 Å². The van der Waals surface area contributed by atoms with E-state index in [1.807, 2.05) is 0 Å². The highest BCUT2D eigenvalue weighted by molar-refractivity contribution is 14.0. The van der Waals surface area contributed by atoms with E-state index in [9.17, 15) is 13.2 Å². The zero-order valence-electron chi connectivity index (χ0n) is 15.3. The summed E-state index contributed by atoms with van der Waals surface area (Å²) >= 11 is 0. The maximum Gasteiger partial charge on any atom is 0.433 e. The van der Waals surface area contributed by atoms with Crippen molar-refractivity contribution in [3.63, 3.8) is 0 Å². The number of rotatable bonds is 7. The van der Waals surface area contributed by atoms with Crippen LogP contribution >= 0.6 is 24.0 Å². The number of aromatic nitrogens is 2. The number of likely N-dealkylation sites (tertiary alicyclic amines) is 1. The van der Waals surface area contributed by atoms with E-state index in [0.29, 0.717) is 19.0 Å². The number of nitrogens with zero attached hydrogens (tertiary/aromatic N) is 4. The number of nitrogens with one attached hydrogen (secondary N) is 3. The third-order valence-corrected chi connectivity index (χ3v) is 4.04. The minimum absolute atomic E-state index is 0. The summed E-state index contributed by atoms with van der Waals surface area (Å²) in [4.78, 5) is 13.8. The lowest BCUT2D eigenvalue weighted by molar-refractivity contribution is -0.141. The van der Waals surface area contributed by atoms with E-state index in [-0.39, 0.29) is 29.9 Å². The van der Waals surface area contributed by atoms with Crippen LogP contribution in [0.2, 0.25) is 0 Å². The Bertz CT molecular complexity index is 577. The van der Waals surface area contributed by atoms with E-state index in [1.165, 1.54) is 19.3 Å². The van der Waals surface area contributed by atoms with E-state index in [0.717, 1.165) is 38.4 Å². The van der Waals surface area contributed by atoms with Crippen LogP contribution in [0, 0.1) is 0 Å². The molecule has 0 atom stereocenters. The molecule has 7 nitrogen and oxygen atoms in total. The fraction of sp³-hybridized carbons (Fsp3) is 0.688. The summed E-state index contributed by atoms with van der Waals surface area (Å²) < 4.78 is 37.8. The van der Waals surface area contributed by atoms with Gasteiger partial charge in [-0.25, -0.2) is 9.97 Å². The number of guanidine groups is 1. The molecule has 11 heteroatoms. The molecule has 27 heavy (non-hydrogen) atoms. The summed E-state index contributed by atoms with van der Waals surface area (Å²) in [5.41, 5.74) is -0.960. The molecule has 0 bridgehead atoms. The predicted octanol–water partition coefficient (Wildman–Crippen LogP) is 2.18. The molecular weight excluding hydrogens is 474 g/mol. The fourth-order valence-corrected chi connectivity index (χ4v) is 2.69. The Kier molecular flexibility index (Phi) is 10.7. The fourth-order valence-electron chi connectivity index (χ4n) is 2.69. The largest absolute Gasteiger partial charge is 0.433 e. The molecule has 0 radical (unpaired) electrons. The Balaban J connectivity index is 0.00000364. The zero-order valence-corrected chi connectivity index (χ0v) is 17.7. The average Bonchev–Trinajstić information content (AvgIpc) is 2.64. The molecule has 1 aliphatic heterocycles. The lowest BCUT2D eigenvalue weighted by Gasteiger charge is -2.26. The highest BCUT2D eigenvalue weighted by Gasteiger charge is 2.32. The molecule has 1 fully saturated rings. The van der Waals surface area contributed by atoms with Crippen LogP contribution in [-0.2, 0) is 6.18 Å². The SMILES string of the molecule is CN=C(NCCNc1nccc(C(F)(F)F)n1)NCCN1CCCCC1.I. The van der Waals surface area contributed by atoms with Gasteiger partial charge in [0.25, 0.3) is 0 Å². The quantitative estimate of drug-likeness (QED) is 0.230. The van der Waals surface area contributed by atoms with Crippen LogP contribution in [-0.4, -0.2) is 67.1 Å². The van der Waals surface area contributed by atoms with Gasteiger partial charge in [-0.2, -0.15) is 13.2 Å². The second kappa shape index (κ2) is 12.2. The number of piperidine rings is 1. The third kappa shape index (κ3) is 8.91. The van der Waals surface area contributed by atoms with Gasteiger partial charge in [0.1, 0.15) is 5.69 Å². The van der Waals surface area contributed by atoms with E-state index >= 15 is 0 Å². The van der Waals surface area contributed by atoms with Crippen LogP contribution in [0.1, 0.15) is 25.0 Å². The zero-order chi connectivity index (χ0) is 18.8. The number of anilines is 1. The second-order valence-corrected chi connectivity index (χ2v) is 6.02. The first kappa shape index (κ1) is 23.7. The lowest BCUT2D eigenvalue weighted by Crippen LogP contribution is -2.43. The Hall–Kier alpha value is -1.37. The van der Waals surface area contributed by atoms with Gasteiger partial charge in [-0.3, -0.25) is 4.99 Å². The molecule has 1 aliphatic rings. The van der Waals surface area contributed by atoms with Gasteiger partial charge in [0, 0.05) is 39.4 Å². The van der Waals surface area contributed by atoms with Gasteiger partial charge >= 0.3 is 6.18 Å². The summed E-state index contributed by atoms with van der Waals surface area (Å²) in [7, 11) is 1.68. The summed E-state index contributed by atoms with van der Waals surface area (Å²) in [6.07, 6.45) is 0.451. The summed E-state index contributed by atoms with van der Waals surface area (Å²) in [6, 6.07) is 0.845. The molecule has 0 unspecified atom stereocenters. The molecule has 2 heterocycles. The highest BCUT2D eigenvalue weighted by Crippen LogP contribution is 2.27. The van der Waals surface area contributed by atoms with Gasteiger partial charge in [0.15, 0.2) is 5.96 Å². The van der Waals surface area contributed by atoms with Crippen molar-refractivity contribution >= 4 is 35.9 Å². The highest BCUT2D eigenvalue weighted by atomic mass is 127. The topological polar surface area (TPSA) is 77.5 Å². The lowest BCUT2D eigenvalue weighted by atomic mass is 10.1. The van der Waals surface area contributed by atoms with Gasteiger partial charge in [-0.1, -0.05) is 6.42 Å². The van der Waals surface area contributed by atoms with Gasteiger partial charge in [0.05, 0.1) is 0 Å². The Morgan fingerprint density at radius 3 is 2.52 bits per heavy atom. The molecule has 1 aromatic rings. The van der Waals surface area contributed by atoms with Crippen LogP contribution in [0.3, 0.4) is 0 Å². The Labute approximate surface area is 174 Å². The molecule has 0 spiro atoms. The van der Waals surface area contributed by atoms with Crippen molar-refractivity contribution in [3.05, 3.63) is 18.0 Å². The van der Waals surface area contributed by atoms with Crippen LogP contribution < -0.4 is 16.0 Å². The molecular formula is C16H27F3IN7. The molecule has 0 aliphatic carbocycles. The minimum Gasteiger partial charge on any atom is -0.355 e. The van der Waals surface area contributed by atoms with E-state index in [1.54, 1.807) is 7.05 Å². The number of halogens is 4. The molecule has 1 saturated heterocycles. The molecule has 1 aromatic heterocycles. The van der Waals surface area contributed by atoms with Crippen molar-refractivity contribution in [2.75, 3.05) is 51.6 Å². The van der Waals surface area contributed by atoms with Crippen LogP contribution in [0.25, 0.3) is 0 Å². The summed E-state index contributed by atoms with van der Waals surface area (Å²) in [6.45, 7) is 4.90. The van der Waals surface area contributed by atoms with Gasteiger partial charge < -0.3 is 20.9 Å². The Morgan fingerprint density at radius 1 is 1.15 bits per heavy atom. The van der Waals surface area contributed by atoms with E-state index in [4.69, 9.17) is 0 Å². The Morgan fingerprint density at radius 2 is 1.85 bits per heavy atom. The maximum absolute atomic E-state index is 12.6. The normalized spacial score (nSPS) is 15.8. The van der Waals surface area contributed by atoms with Crippen molar-refractivity contribution in [3.8, 4) is 0 Å². The minimum atomic E-state index is -4.47. The average molecular weight is 501 g/mol. The molecule has 154 valence electrons. The number of hydrogen-bond acceptors (Lipinski definition) is 5. The van der Waals surface area contributed by atoms with Crippen LogP contribution in [0.15, 0.2) is 17.3 Å². The van der Waals surface area contributed by atoms with Gasteiger partial charge in [0.2, 0.25) is 5.95 Å². The number of aliphatic imine (C=N–C) groups is 1. The van der Waals surface area contributed by atoms with Crippen molar-refractivity contribution in [2.24, 2.45) is 4.99 Å².